The van der Waals surface area contributed by atoms with Gasteiger partial charge >= 0.3 is 0 Å². The van der Waals surface area contributed by atoms with Crippen molar-refractivity contribution >= 4 is 27.5 Å². The standard InChI is InChI=1S/C14H9BrClF3O/c15-6-9-5-10(16)2-4-12(9)20-7-8-1-3-11(17)14(19)13(8)18/h1-5H,6-7H2. The van der Waals surface area contributed by atoms with Crippen molar-refractivity contribution in [3.63, 3.8) is 0 Å². The molecule has 2 aromatic carbocycles. The number of hydrogen-bond acceptors (Lipinski definition) is 1. The van der Waals surface area contributed by atoms with Crippen molar-refractivity contribution in [2.45, 2.75) is 11.9 Å². The van der Waals surface area contributed by atoms with Crippen LogP contribution in [-0.4, -0.2) is 0 Å². The molecule has 0 saturated carbocycles. The highest BCUT2D eigenvalue weighted by molar-refractivity contribution is 9.08. The molecule has 0 aliphatic carbocycles. The average molecular weight is 366 g/mol. The van der Waals surface area contributed by atoms with E-state index in [1.165, 1.54) is 0 Å². The summed E-state index contributed by atoms with van der Waals surface area (Å²) in [6, 6.07) is 6.98. The van der Waals surface area contributed by atoms with Crippen molar-refractivity contribution in [1.82, 2.24) is 0 Å². The van der Waals surface area contributed by atoms with Gasteiger partial charge in [-0.05, 0) is 30.3 Å². The summed E-state index contributed by atoms with van der Waals surface area (Å²) in [6.07, 6.45) is 0. The van der Waals surface area contributed by atoms with Gasteiger partial charge in [0.05, 0.1) is 0 Å². The van der Waals surface area contributed by atoms with Crippen LogP contribution >= 0.6 is 27.5 Å². The first-order valence-electron chi connectivity index (χ1n) is 5.62. The van der Waals surface area contributed by atoms with Gasteiger partial charge in [0.2, 0.25) is 0 Å². The summed E-state index contributed by atoms with van der Waals surface area (Å²) in [5.74, 6) is -3.46. The van der Waals surface area contributed by atoms with Crippen molar-refractivity contribution in [3.05, 3.63) is 63.9 Å². The van der Waals surface area contributed by atoms with Crippen LogP contribution in [0.4, 0.5) is 13.2 Å². The summed E-state index contributed by atoms with van der Waals surface area (Å²) >= 11 is 9.13. The number of halogens is 5. The lowest BCUT2D eigenvalue weighted by molar-refractivity contribution is 0.293. The minimum Gasteiger partial charge on any atom is -0.488 e. The zero-order chi connectivity index (χ0) is 14.7. The van der Waals surface area contributed by atoms with Gasteiger partial charge in [0.1, 0.15) is 12.4 Å². The maximum atomic E-state index is 13.5. The number of ether oxygens (including phenoxy) is 1. The first kappa shape index (κ1) is 15.2. The van der Waals surface area contributed by atoms with Gasteiger partial charge in [-0.2, -0.15) is 0 Å². The van der Waals surface area contributed by atoms with Crippen LogP contribution in [0.5, 0.6) is 5.75 Å². The molecule has 2 aromatic rings. The van der Waals surface area contributed by atoms with E-state index in [9.17, 15) is 13.2 Å². The molecule has 0 heterocycles. The fourth-order valence-electron chi connectivity index (χ4n) is 1.63. The minimum absolute atomic E-state index is 0.0561. The molecular formula is C14H9BrClF3O. The molecular weight excluding hydrogens is 357 g/mol. The van der Waals surface area contributed by atoms with Crippen LogP contribution in [0.25, 0.3) is 0 Å². The number of hydrogen-bond donors (Lipinski definition) is 0. The summed E-state index contributed by atoms with van der Waals surface area (Å²) in [5.41, 5.74) is 0.722. The summed E-state index contributed by atoms with van der Waals surface area (Å²) in [4.78, 5) is 0. The van der Waals surface area contributed by atoms with Crippen LogP contribution in [0.2, 0.25) is 5.02 Å². The maximum absolute atomic E-state index is 13.5. The molecule has 106 valence electrons. The lowest BCUT2D eigenvalue weighted by atomic mass is 10.2. The molecule has 0 bridgehead atoms. The van der Waals surface area contributed by atoms with Gasteiger partial charge in [0, 0.05) is 21.5 Å². The normalized spacial score (nSPS) is 10.7. The lowest BCUT2D eigenvalue weighted by Crippen LogP contribution is -2.03. The molecule has 0 unspecified atom stereocenters. The lowest BCUT2D eigenvalue weighted by Gasteiger charge is -2.11. The SMILES string of the molecule is Fc1ccc(COc2ccc(Cl)cc2CBr)c(F)c1F. The molecule has 2 rings (SSSR count). The van der Waals surface area contributed by atoms with Crippen LogP contribution in [0, 0.1) is 17.5 Å². The van der Waals surface area contributed by atoms with Crippen molar-refractivity contribution in [2.75, 3.05) is 0 Å². The molecule has 0 aromatic heterocycles. The van der Waals surface area contributed by atoms with Gasteiger partial charge in [-0.25, -0.2) is 13.2 Å². The minimum atomic E-state index is -1.50. The molecule has 0 N–H and O–H groups in total. The van der Waals surface area contributed by atoms with Crippen LogP contribution < -0.4 is 4.74 Å². The van der Waals surface area contributed by atoms with Crippen LogP contribution in [0.15, 0.2) is 30.3 Å². The Kier molecular flexibility index (Phi) is 4.94. The van der Waals surface area contributed by atoms with E-state index in [4.69, 9.17) is 16.3 Å². The van der Waals surface area contributed by atoms with Crippen molar-refractivity contribution in [3.8, 4) is 5.75 Å². The zero-order valence-corrected chi connectivity index (χ0v) is 12.4. The first-order valence-corrected chi connectivity index (χ1v) is 7.12. The van der Waals surface area contributed by atoms with Crippen LogP contribution in [0.3, 0.4) is 0 Å². The van der Waals surface area contributed by atoms with E-state index in [2.05, 4.69) is 15.9 Å². The third-order valence-electron chi connectivity index (χ3n) is 2.66. The Hall–Kier alpha value is -1.20. The van der Waals surface area contributed by atoms with E-state index in [-0.39, 0.29) is 12.2 Å². The van der Waals surface area contributed by atoms with Gasteiger partial charge in [0.15, 0.2) is 17.5 Å². The third-order valence-corrected chi connectivity index (χ3v) is 3.50. The summed E-state index contributed by atoms with van der Waals surface area (Å²) in [6.45, 7) is -0.204. The summed E-state index contributed by atoms with van der Waals surface area (Å²) in [5, 5.41) is 1.05. The Bertz CT molecular complexity index is 634. The molecule has 20 heavy (non-hydrogen) atoms. The van der Waals surface area contributed by atoms with E-state index in [1.54, 1.807) is 18.2 Å². The molecule has 0 saturated heterocycles. The van der Waals surface area contributed by atoms with E-state index in [1.807, 2.05) is 0 Å². The molecule has 1 nitrogen and oxygen atoms in total. The molecule has 0 amide bonds. The van der Waals surface area contributed by atoms with Crippen molar-refractivity contribution in [2.24, 2.45) is 0 Å². The molecule has 0 atom stereocenters. The Morgan fingerprint density at radius 3 is 2.45 bits per heavy atom. The second-order valence-corrected chi connectivity index (χ2v) is 5.01. The molecule has 0 spiro atoms. The predicted molar refractivity (Wildman–Crippen MR) is 74.7 cm³/mol. The number of benzene rings is 2. The largest absolute Gasteiger partial charge is 0.488 e. The van der Waals surface area contributed by atoms with Gasteiger partial charge in [-0.3, -0.25) is 0 Å². The van der Waals surface area contributed by atoms with Gasteiger partial charge in [0.25, 0.3) is 0 Å². The Balaban J connectivity index is 2.19. The fourth-order valence-corrected chi connectivity index (χ4v) is 2.26. The molecule has 0 radical (unpaired) electrons. The van der Waals surface area contributed by atoms with E-state index < -0.39 is 17.5 Å². The summed E-state index contributed by atoms with van der Waals surface area (Å²) < 4.78 is 44.8. The van der Waals surface area contributed by atoms with Gasteiger partial charge in [-0.1, -0.05) is 27.5 Å². The van der Waals surface area contributed by atoms with Crippen molar-refractivity contribution < 1.29 is 17.9 Å². The van der Waals surface area contributed by atoms with E-state index in [0.29, 0.717) is 16.1 Å². The second-order valence-electron chi connectivity index (χ2n) is 4.01. The highest BCUT2D eigenvalue weighted by atomic mass is 79.9. The Morgan fingerprint density at radius 2 is 1.75 bits per heavy atom. The first-order chi connectivity index (χ1) is 9.52. The number of alkyl halides is 1. The smallest absolute Gasteiger partial charge is 0.194 e. The van der Waals surface area contributed by atoms with E-state index in [0.717, 1.165) is 17.7 Å². The second kappa shape index (κ2) is 6.50. The molecule has 6 heteroatoms. The quantitative estimate of drug-likeness (QED) is 0.532. The Labute approximate surface area is 127 Å². The van der Waals surface area contributed by atoms with Crippen LogP contribution in [-0.2, 0) is 11.9 Å². The zero-order valence-electron chi connectivity index (χ0n) is 10.1. The molecule has 0 fully saturated rings. The maximum Gasteiger partial charge on any atom is 0.194 e. The monoisotopic (exact) mass is 364 g/mol. The average Bonchev–Trinajstić information content (AvgIpc) is 2.45. The molecule has 0 aliphatic rings. The summed E-state index contributed by atoms with van der Waals surface area (Å²) in [7, 11) is 0. The topological polar surface area (TPSA) is 9.23 Å². The highest BCUT2D eigenvalue weighted by Gasteiger charge is 2.14. The van der Waals surface area contributed by atoms with E-state index >= 15 is 0 Å². The number of rotatable bonds is 4. The molecule has 0 aliphatic heterocycles. The fraction of sp³-hybridized carbons (Fsp3) is 0.143. The van der Waals surface area contributed by atoms with Crippen LogP contribution in [0.1, 0.15) is 11.1 Å². The van der Waals surface area contributed by atoms with Gasteiger partial charge in [-0.15, -0.1) is 0 Å². The third kappa shape index (κ3) is 3.27. The van der Waals surface area contributed by atoms with Gasteiger partial charge < -0.3 is 4.74 Å². The highest BCUT2D eigenvalue weighted by Crippen LogP contribution is 2.26. The van der Waals surface area contributed by atoms with Crippen molar-refractivity contribution in [1.29, 1.82) is 0 Å². The predicted octanol–water partition coefficient (Wildman–Crippen LogP) is 5.23. The Morgan fingerprint density at radius 1 is 1.00 bits per heavy atom.